The number of esters is 2. The molecule has 1 aliphatic rings. The van der Waals surface area contributed by atoms with Gasteiger partial charge in [0.2, 0.25) is 0 Å². The van der Waals surface area contributed by atoms with Gasteiger partial charge >= 0.3 is 11.9 Å². The first-order chi connectivity index (χ1) is 4.24. The van der Waals surface area contributed by atoms with Crippen molar-refractivity contribution in [2.45, 2.75) is 19.8 Å². The molecule has 0 saturated carbocycles. The SMILES string of the molecule is CC[C@@H]1CC(=O)OC1=O. The first kappa shape index (κ1) is 6.26. The van der Waals surface area contributed by atoms with Crippen LogP contribution in [0.4, 0.5) is 0 Å². The lowest BCUT2D eigenvalue weighted by Crippen LogP contribution is -2.04. The van der Waals surface area contributed by atoms with Crippen LogP contribution >= 0.6 is 0 Å². The zero-order valence-electron chi connectivity index (χ0n) is 5.22. The van der Waals surface area contributed by atoms with Crippen molar-refractivity contribution in [3.63, 3.8) is 0 Å². The number of ether oxygens (including phenoxy) is 1. The molecule has 0 aromatic heterocycles. The van der Waals surface area contributed by atoms with Gasteiger partial charge in [0, 0.05) is 0 Å². The van der Waals surface area contributed by atoms with E-state index in [1.165, 1.54) is 0 Å². The summed E-state index contributed by atoms with van der Waals surface area (Å²) in [5.41, 5.74) is 0. The normalized spacial score (nSPS) is 26.6. The Morgan fingerprint density at radius 1 is 1.67 bits per heavy atom. The molecule has 9 heavy (non-hydrogen) atoms. The van der Waals surface area contributed by atoms with E-state index < -0.39 is 0 Å². The van der Waals surface area contributed by atoms with Gasteiger partial charge in [0.15, 0.2) is 0 Å². The van der Waals surface area contributed by atoms with Gasteiger partial charge in [-0.1, -0.05) is 6.92 Å². The molecule has 50 valence electrons. The van der Waals surface area contributed by atoms with Crippen molar-refractivity contribution in [2.24, 2.45) is 5.92 Å². The maximum absolute atomic E-state index is 10.6. The van der Waals surface area contributed by atoms with Gasteiger partial charge in [0.1, 0.15) is 0 Å². The highest BCUT2D eigenvalue weighted by molar-refractivity contribution is 5.94. The van der Waals surface area contributed by atoms with Crippen LogP contribution < -0.4 is 0 Å². The Kier molecular flexibility index (Phi) is 1.51. The average Bonchev–Trinajstić information content (AvgIpc) is 2.10. The van der Waals surface area contributed by atoms with Gasteiger partial charge in [-0.15, -0.1) is 0 Å². The predicted octanol–water partition coefficient (Wildman–Crippen LogP) is 0.486. The standard InChI is InChI=1S/C6H8O3/c1-2-4-3-5(7)9-6(4)8/h4H,2-3H2,1H3/t4-/m1/s1. The van der Waals surface area contributed by atoms with Crippen LogP contribution in [0.15, 0.2) is 0 Å². The van der Waals surface area contributed by atoms with Gasteiger partial charge in [0.25, 0.3) is 0 Å². The number of cyclic esters (lactones) is 2. The molecule has 0 aliphatic carbocycles. The number of carbonyl (C=O) groups excluding carboxylic acids is 2. The van der Waals surface area contributed by atoms with Crippen molar-refractivity contribution >= 4 is 11.9 Å². The highest BCUT2D eigenvalue weighted by Gasteiger charge is 2.31. The highest BCUT2D eigenvalue weighted by Crippen LogP contribution is 2.18. The third-order valence-electron chi connectivity index (χ3n) is 1.45. The molecule has 1 fully saturated rings. The number of rotatable bonds is 1. The Morgan fingerprint density at radius 2 is 2.33 bits per heavy atom. The smallest absolute Gasteiger partial charge is 0.317 e. The van der Waals surface area contributed by atoms with Crippen LogP contribution in [-0.4, -0.2) is 11.9 Å². The van der Waals surface area contributed by atoms with Crippen LogP contribution in [-0.2, 0) is 14.3 Å². The minimum atomic E-state index is -0.383. The van der Waals surface area contributed by atoms with Crippen molar-refractivity contribution < 1.29 is 14.3 Å². The molecule has 0 unspecified atom stereocenters. The molecule has 0 bridgehead atoms. The van der Waals surface area contributed by atoms with Crippen molar-refractivity contribution in [1.29, 1.82) is 0 Å². The minimum absolute atomic E-state index is 0.169. The van der Waals surface area contributed by atoms with E-state index in [1.54, 1.807) is 0 Å². The summed E-state index contributed by atoms with van der Waals surface area (Å²) in [6.45, 7) is 1.87. The van der Waals surface area contributed by atoms with Crippen LogP contribution in [0.3, 0.4) is 0 Å². The number of hydrogen-bond donors (Lipinski definition) is 0. The maximum Gasteiger partial charge on any atom is 0.317 e. The molecule has 3 heteroatoms. The second kappa shape index (κ2) is 2.17. The molecule has 3 nitrogen and oxygen atoms in total. The van der Waals surface area contributed by atoms with E-state index in [4.69, 9.17) is 0 Å². The zero-order chi connectivity index (χ0) is 6.85. The largest absolute Gasteiger partial charge is 0.393 e. The number of carbonyl (C=O) groups is 2. The van der Waals surface area contributed by atoms with Gasteiger partial charge in [-0.2, -0.15) is 0 Å². The van der Waals surface area contributed by atoms with Gasteiger partial charge in [-0.05, 0) is 6.42 Å². The Labute approximate surface area is 53.0 Å². The molecule has 1 heterocycles. The van der Waals surface area contributed by atoms with Gasteiger partial charge in [0.05, 0.1) is 12.3 Å². The first-order valence-electron chi connectivity index (χ1n) is 2.98. The van der Waals surface area contributed by atoms with Crippen molar-refractivity contribution in [3.8, 4) is 0 Å². The molecule has 0 aromatic carbocycles. The quantitative estimate of drug-likeness (QED) is 0.381. The van der Waals surface area contributed by atoms with E-state index in [9.17, 15) is 9.59 Å². The summed E-state index contributed by atoms with van der Waals surface area (Å²) in [5.74, 6) is -0.910. The second-order valence-electron chi connectivity index (χ2n) is 2.10. The van der Waals surface area contributed by atoms with Gasteiger partial charge < -0.3 is 4.74 Å². The molecule has 0 aromatic rings. The summed E-state index contributed by atoms with van der Waals surface area (Å²) in [6.07, 6.45) is 0.972. The fourth-order valence-electron chi connectivity index (χ4n) is 0.833. The summed E-state index contributed by atoms with van der Waals surface area (Å²) in [7, 11) is 0. The van der Waals surface area contributed by atoms with E-state index in [0.29, 0.717) is 6.42 Å². The Hall–Kier alpha value is -0.860. The lowest BCUT2D eigenvalue weighted by molar-refractivity contribution is -0.153. The minimum Gasteiger partial charge on any atom is -0.393 e. The Balaban J connectivity index is 2.58. The predicted molar refractivity (Wildman–Crippen MR) is 29.5 cm³/mol. The Bertz CT molecular complexity index is 150. The van der Waals surface area contributed by atoms with E-state index in [-0.39, 0.29) is 24.3 Å². The first-order valence-corrected chi connectivity index (χ1v) is 2.98. The second-order valence-corrected chi connectivity index (χ2v) is 2.10. The molecule has 1 atom stereocenters. The van der Waals surface area contributed by atoms with E-state index in [2.05, 4.69) is 4.74 Å². The molecule has 0 N–H and O–H groups in total. The van der Waals surface area contributed by atoms with Crippen LogP contribution in [0.5, 0.6) is 0 Å². The Morgan fingerprint density at radius 3 is 2.56 bits per heavy atom. The lowest BCUT2D eigenvalue weighted by atomic mass is 10.1. The van der Waals surface area contributed by atoms with E-state index >= 15 is 0 Å². The zero-order valence-corrected chi connectivity index (χ0v) is 5.22. The molecule has 0 spiro atoms. The molecule has 0 radical (unpaired) electrons. The summed E-state index contributed by atoms with van der Waals surface area (Å²) in [4.78, 5) is 21.0. The fraction of sp³-hybridized carbons (Fsp3) is 0.667. The third kappa shape index (κ3) is 1.09. The van der Waals surface area contributed by atoms with Crippen molar-refractivity contribution in [3.05, 3.63) is 0 Å². The van der Waals surface area contributed by atoms with E-state index in [1.807, 2.05) is 6.92 Å². The summed E-state index contributed by atoms with van der Waals surface area (Å²) < 4.78 is 4.29. The molecule has 1 rings (SSSR count). The fourth-order valence-corrected chi connectivity index (χ4v) is 0.833. The lowest BCUT2D eigenvalue weighted by Gasteiger charge is -1.93. The molecule has 1 aliphatic heterocycles. The van der Waals surface area contributed by atoms with Gasteiger partial charge in [-0.3, -0.25) is 9.59 Å². The monoisotopic (exact) mass is 128 g/mol. The van der Waals surface area contributed by atoms with Crippen molar-refractivity contribution in [2.75, 3.05) is 0 Å². The maximum atomic E-state index is 10.6. The third-order valence-corrected chi connectivity index (χ3v) is 1.45. The van der Waals surface area contributed by atoms with Crippen LogP contribution in [0.2, 0.25) is 0 Å². The molecular weight excluding hydrogens is 120 g/mol. The summed E-state index contributed by atoms with van der Waals surface area (Å²) in [5, 5.41) is 0. The molecular formula is C6H8O3. The van der Waals surface area contributed by atoms with E-state index in [0.717, 1.165) is 0 Å². The summed E-state index contributed by atoms with van der Waals surface area (Å²) >= 11 is 0. The van der Waals surface area contributed by atoms with Crippen LogP contribution in [0, 0.1) is 5.92 Å². The molecule has 1 saturated heterocycles. The van der Waals surface area contributed by atoms with Crippen molar-refractivity contribution in [1.82, 2.24) is 0 Å². The van der Waals surface area contributed by atoms with Crippen LogP contribution in [0.25, 0.3) is 0 Å². The average molecular weight is 128 g/mol. The summed E-state index contributed by atoms with van der Waals surface area (Å²) in [6, 6.07) is 0. The highest BCUT2D eigenvalue weighted by atomic mass is 16.6. The van der Waals surface area contributed by atoms with Crippen LogP contribution in [0.1, 0.15) is 19.8 Å². The number of hydrogen-bond acceptors (Lipinski definition) is 3. The molecule has 0 amide bonds. The topological polar surface area (TPSA) is 43.4 Å². The van der Waals surface area contributed by atoms with Gasteiger partial charge in [-0.25, -0.2) is 0 Å².